The van der Waals surface area contributed by atoms with E-state index < -0.39 is 0 Å². The first kappa shape index (κ1) is 15.2. The van der Waals surface area contributed by atoms with E-state index in [0.29, 0.717) is 11.5 Å². The van der Waals surface area contributed by atoms with Crippen LogP contribution in [0.3, 0.4) is 0 Å². The van der Waals surface area contributed by atoms with E-state index in [1.807, 2.05) is 6.07 Å². The fraction of sp³-hybridized carbons (Fsp3) is 0.533. The van der Waals surface area contributed by atoms with Crippen LogP contribution < -0.4 is 4.74 Å². The van der Waals surface area contributed by atoms with Crippen LogP contribution in [0.15, 0.2) is 22.7 Å². The van der Waals surface area contributed by atoms with Crippen LogP contribution in [0.1, 0.15) is 49.9 Å². The summed E-state index contributed by atoms with van der Waals surface area (Å²) < 4.78 is 6.67. The third-order valence-corrected chi connectivity index (χ3v) is 3.73. The van der Waals surface area contributed by atoms with Crippen molar-refractivity contribution in [1.29, 1.82) is 0 Å². The molecule has 0 bridgehead atoms. The fourth-order valence-electron chi connectivity index (χ4n) is 1.81. The Morgan fingerprint density at radius 2 is 2.17 bits per heavy atom. The lowest BCUT2D eigenvalue weighted by molar-refractivity contribution is 0.112. The maximum Gasteiger partial charge on any atom is 0.150 e. The van der Waals surface area contributed by atoms with E-state index in [0.717, 1.165) is 29.5 Å². The molecule has 1 aromatic carbocycles. The molecule has 100 valence electrons. The van der Waals surface area contributed by atoms with Gasteiger partial charge in [0.1, 0.15) is 12.0 Å². The molecule has 1 aromatic rings. The topological polar surface area (TPSA) is 26.3 Å². The third kappa shape index (κ3) is 4.81. The van der Waals surface area contributed by atoms with Gasteiger partial charge >= 0.3 is 0 Å². The highest BCUT2D eigenvalue weighted by Crippen LogP contribution is 2.26. The quantitative estimate of drug-likeness (QED) is 0.641. The summed E-state index contributed by atoms with van der Waals surface area (Å²) in [6.45, 7) is 5.16. The molecule has 0 spiro atoms. The molecule has 0 N–H and O–H groups in total. The van der Waals surface area contributed by atoms with Crippen molar-refractivity contribution in [3.63, 3.8) is 0 Å². The first-order valence-electron chi connectivity index (χ1n) is 6.58. The van der Waals surface area contributed by atoms with Gasteiger partial charge in [0.15, 0.2) is 0 Å². The van der Waals surface area contributed by atoms with Crippen molar-refractivity contribution in [2.24, 2.45) is 5.92 Å². The minimum atomic E-state index is 0.614. The molecule has 18 heavy (non-hydrogen) atoms. The zero-order valence-corrected chi connectivity index (χ0v) is 12.7. The Bertz CT molecular complexity index is 377. The van der Waals surface area contributed by atoms with Crippen molar-refractivity contribution < 1.29 is 9.53 Å². The smallest absolute Gasteiger partial charge is 0.150 e. The van der Waals surface area contributed by atoms with Crippen molar-refractivity contribution in [1.82, 2.24) is 0 Å². The molecule has 0 aliphatic rings. The first-order chi connectivity index (χ1) is 8.71. The van der Waals surface area contributed by atoms with Crippen molar-refractivity contribution in [2.45, 2.75) is 39.5 Å². The van der Waals surface area contributed by atoms with Crippen LogP contribution in [-0.4, -0.2) is 12.9 Å². The second-order valence-electron chi connectivity index (χ2n) is 4.54. The summed E-state index contributed by atoms with van der Waals surface area (Å²) in [6.07, 6.45) is 5.69. The predicted molar refractivity (Wildman–Crippen MR) is 78.3 cm³/mol. The predicted octanol–water partition coefficient (Wildman–Crippen LogP) is 4.86. The standard InChI is InChI=1S/C15H21BrO2/c1-3-5-6-12(4-2)11-18-15-8-7-13(10-17)9-14(15)16/h7-10,12H,3-6,11H2,1-2H3. The van der Waals surface area contributed by atoms with E-state index in [2.05, 4.69) is 29.8 Å². The summed E-state index contributed by atoms with van der Waals surface area (Å²) in [5, 5.41) is 0. The molecule has 0 amide bonds. The number of benzene rings is 1. The highest BCUT2D eigenvalue weighted by molar-refractivity contribution is 9.10. The Kier molecular flexibility index (Phi) is 7.02. The van der Waals surface area contributed by atoms with Crippen LogP contribution in [0.5, 0.6) is 5.75 Å². The summed E-state index contributed by atoms with van der Waals surface area (Å²) in [5.74, 6) is 1.43. The molecule has 3 heteroatoms. The van der Waals surface area contributed by atoms with Gasteiger partial charge in [-0.25, -0.2) is 0 Å². The number of aldehydes is 1. The molecule has 0 aromatic heterocycles. The van der Waals surface area contributed by atoms with Gasteiger partial charge in [-0.1, -0.05) is 33.1 Å². The van der Waals surface area contributed by atoms with Gasteiger partial charge in [-0.15, -0.1) is 0 Å². The third-order valence-electron chi connectivity index (χ3n) is 3.11. The lowest BCUT2D eigenvalue weighted by Crippen LogP contribution is -2.11. The minimum Gasteiger partial charge on any atom is -0.492 e. The average Bonchev–Trinajstić information content (AvgIpc) is 2.40. The summed E-state index contributed by atoms with van der Waals surface area (Å²) in [7, 11) is 0. The first-order valence-corrected chi connectivity index (χ1v) is 7.38. The molecular weight excluding hydrogens is 292 g/mol. The number of rotatable bonds is 8. The van der Waals surface area contributed by atoms with Crippen LogP contribution in [-0.2, 0) is 0 Å². The van der Waals surface area contributed by atoms with Crippen LogP contribution in [0.4, 0.5) is 0 Å². The van der Waals surface area contributed by atoms with Gasteiger partial charge in [0.25, 0.3) is 0 Å². The van der Waals surface area contributed by atoms with Gasteiger partial charge in [0.05, 0.1) is 11.1 Å². The molecule has 0 saturated heterocycles. The normalized spacial score (nSPS) is 12.2. The average molecular weight is 313 g/mol. The van der Waals surface area contributed by atoms with Crippen LogP contribution in [0.2, 0.25) is 0 Å². The molecular formula is C15H21BrO2. The van der Waals surface area contributed by atoms with Gasteiger partial charge in [-0.05, 0) is 46.5 Å². The Balaban J connectivity index is 2.53. The number of carbonyl (C=O) groups is 1. The molecule has 1 unspecified atom stereocenters. The maximum atomic E-state index is 10.6. The number of hydrogen-bond donors (Lipinski definition) is 0. The Morgan fingerprint density at radius 3 is 2.72 bits per heavy atom. The maximum absolute atomic E-state index is 10.6. The van der Waals surface area contributed by atoms with Crippen LogP contribution >= 0.6 is 15.9 Å². The highest BCUT2D eigenvalue weighted by atomic mass is 79.9. The lowest BCUT2D eigenvalue weighted by Gasteiger charge is -2.16. The fourth-order valence-corrected chi connectivity index (χ4v) is 2.32. The molecule has 0 aliphatic carbocycles. The molecule has 0 fully saturated rings. The monoisotopic (exact) mass is 312 g/mol. The zero-order chi connectivity index (χ0) is 13.4. The van der Waals surface area contributed by atoms with Crippen molar-refractivity contribution in [2.75, 3.05) is 6.61 Å². The molecule has 1 atom stereocenters. The Labute approximate surface area is 118 Å². The largest absolute Gasteiger partial charge is 0.492 e. The number of carbonyl (C=O) groups excluding carboxylic acids is 1. The van der Waals surface area contributed by atoms with E-state index in [-0.39, 0.29) is 0 Å². The Morgan fingerprint density at radius 1 is 1.39 bits per heavy atom. The van der Waals surface area contributed by atoms with Crippen molar-refractivity contribution >= 4 is 22.2 Å². The second kappa shape index (κ2) is 8.30. The van der Waals surface area contributed by atoms with Gasteiger partial charge in [0, 0.05) is 5.56 Å². The second-order valence-corrected chi connectivity index (χ2v) is 5.39. The summed E-state index contributed by atoms with van der Waals surface area (Å²) in [6, 6.07) is 5.41. The van der Waals surface area contributed by atoms with Gasteiger partial charge < -0.3 is 4.74 Å². The van der Waals surface area contributed by atoms with E-state index in [1.165, 1.54) is 19.3 Å². The van der Waals surface area contributed by atoms with E-state index >= 15 is 0 Å². The molecule has 0 heterocycles. The summed E-state index contributed by atoms with van der Waals surface area (Å²) >= 11 is 3.43. The number of halogens is 1. The molecule has 1 rings (SSSR count). The molecule has 0 radical (unpaired) electrons. The SMILES string of the molecule is CCCCC(CC)COc1ccc(C=O)cc1Br. The number of ether oxygens (including phenoxy) is 1. The minimum absolute atomic E-state index is 0.614. The molecule has 2 nitrogen and oxygen atoms in total. The number of unbranched alkanes of at least 4 members (excludes halogenated alkanes) is 1. The summed E-state index contributed by atoms with van der Waals surface area (Å²) in [5.41, 5.74) is 0.659. The zero-order valence-electron chi connectivity index (χ0n) is 11.1. The van der Waals surface area contributed by atoms with Gasteiger partial charge in [-0.3, -0.25) is 4.79 Å². The highest BCUT2D eigenvalue weighted by Gasteiger charge is 2.08. The van der Waals surface area contributed by atoms with Crippen LogP contribution in [0.25, 0.3) is 0 Å². The van der Waals surface area contributed by atoms with Gasteiger partial charge in [-0.2, -0.15) is 0 Å². The van der Waals surface area contributed by atoms with E-state index in [1.54, 1.807) is 12.1 Å². The van der Waals surface area contributed by atoms with E-state index in [9.17, 15) is 4.79 Å². The van der Waals surface area contributed by atoms with Gasteiger partial charge in [0.2, 0.25) is 0 Å². The number of hydrogen-bond acceptors (Lipinski definition) is 2. The van der Waals surface area contributed by atoms with Crippen molar-refractivity contribution in [3.8, 4) is 5.75 Å². The Hall–Kier alpha value is -0.830. The summed E-state index contributed by atoms with van der Waals surface area (Å²) in [4.78, 5) is 10.6. The lowest BCUT2D eigenvalue weighted by atomic mass is 10.0. The van der Waals surface area contributed by atoms with Crippen LogP contribution in [0, 0.1) is 5.92 Å². The molecule has 0 aliphatic heterocycles. The van der Waals surface area contributed by atoms with Crippen molar-refractivity contribution in [3.05, 3.63) is 28.2 Å². The van der Waals surface area contributed by atoms with E-state index in [4.69, 9.17) is 4.74 Å². The molecule has 0 saturated carbocycles.